The highest BCUT2D eigenvalue weighted by Crippen LogP contribution is 2.26. The lowest BCUT2D eigenvalue weighted by Crippen LogP contribution is -2.12. The van der Waals surface area contributed by atoms with Crippen molar-refractivity contribution in [2.45, 2.75) is 37.9 Å². The average molecular weight is 312 g/mol. The second kappa shape index (κ2) is 11.1. The minimum Gasteiger partial charge on any atom is -0.504 e. The number of phenols is 1. The van der Waals surface area contributed by atoms with Gasteiger partial charge in [0.05, 0.1) is 12.4 Å². The van der Waals surface area contributed by atoms with Crippen molar-refractivity contribution >= 4 is 18.6 Å². The molecule has 2 N–H and O–H groups in total. The Labute approximate surface area is 131 Å². The van der Waals surface area contributed by atoms with E-state index in [1.165, 1.54) is 7.11 Å². The summed E-state index contributed by atoms with van der Waals surface area (Å²) in [5, 5.41) is 17.1. The molecule has 1 atom stereocenters. The van der Waals surface area contributed by atoms with Crippen LogP contribution in [0.2, 0.25) is 0 Å². The molecule has 1 rings (SSSR count). The highest BCUT2D eigenvalue weighted by molar-refractivity contribution is 7.81. The number of benzene rings is 1. The second-order valence-electron chi connectivity index (χ2n) is 4.50. The Hall–Kier alpha value is -1.62. The molecular formula is C16H24O4S. The van der Waals surface area contributed by atoms with Crippen LogP contribution in [-0.4, -0.2) is 28.5 Å². The van der Waals surface area contributed by atoms with E-state index in [2.05, 4.69) is 19.2 Å². The van der Waals surface area contributed by atoms with Crippen LogP contribution >= 0.6 is 12.6 Å². The summed E-state index contributed by atoms with van der Waals surface area (Å²) < 4.78 is 4.95. The first-order valence-electron chi connectivity index (χ1n) is 6.83. The van der Waals surface area contributed by atoms with Gasteiger partial charge in [-0.15, -0.1) is 6.58 Å². The Morgan fingerprint density at radius 3 is 2.67 bits per heavy atom. The zero-order valence-electron chi connectivity index (χ0n) is 12.6. The summed E-state index contributed by atoms with van der Waals surface area (Å²) in [6.45, 7) is 5.66. The number of rotatable bonds is 7. The second-order valence-corrected chi connectivity index (χ2v) is 5.12. The standard InChI is InChI=1S/C10H12O2.C6H12O2S/c1-3-4-8-5-6-9(11)10(7-8)12-2;1-2-3-4-5(9)6(7)8/h3,5-7,11H,1,4H2,2H3;5,9H,2-4H2,1H3,(H,7,8). The molecule has 118 valence electrons. The van der Waals surface area contributed by atoms with Gasteiger partial charge in [0.2, 0.25) is 0 Å². The third kappa shape index (κ3) is 8.30. The highest BCUT2D eigenvalue weighted by Gasteiger charge is 2.09. The molecule has 0 heterocycles. The van der Waals surface area contributed by atoms with E-state index in [4.69, 9.17) is 9.84 Å². The van der Waals surface area contributed by atoms with Crippen LogP contribution in [0.1, 0.15) is 31.7 Å². The van der Waals surface area contributed by atoms with Gasteiger partial charge in [0, 0.05) is 0 Å². The zero-order valence-corrected chi connectivity index (χ0v) is 13.5. The summed E-state index contributed by atoms with van der Waals surface area (Å²) in [7, 11) is 1.53. The van der Waals surface area contributed by atoms with Gasteiger partial charge in [0.25, 0.3) is 0 Å². The molecule has 4 nitrogen and oxygen atoms in total. The minimum atomic E-state index is -0.813. The normalized spacial score (nSPS) is 11.0. The maximum absolute atomic E-state index is 10.1. The third-order valence-electron chi connectivity index (χ3n) is 2.74. The van der Waals surface area contributed by atoms with E-state index in [0.29, 0.717) is 12.2 Å². The summed E-state index contributed by atoms with van der Waals surface area (Å²) in [6.07, 6.45) is 5.25. The first kappa shape index (κ1) is 19.4. The number of hydrogen-bond donors (Lipinski definition) is 3. The van der Waals surface area contributed by atoms with E-state index in [1.54, 1.807) is 12.1 Å². The van der Waals surface area contributed by atoms with Crippen LogP contribution in [0, 0.1) is 0 Å². The number of aliphatic carboxylic acids is 1. The number of phenolic OH excluding ortho intramolecular Hbond substituents is 1. The fourth-order valence-corrected chi connectivity index (χ4v) is 1.72. The number of carboxylic acids is 1. The van der Waals surface area contributed by atoms with Gasteiger partial charge in [-0.3, -0.25) is 4.79 Å². The Bertz CT molecular complexity index is 446. The molecule has 0 aliphatic heterocycles. The van der Waals surface area contributed by atoms with Gasteiger partial charge >= 0.3 is 5.97 Å². The van der Waals surface area contributed by atoms with Crippen LogP contribution in [0.4, 0.5) is 0 Å². The van der Waals surface area contributed by atoms with Gasteiger partial charge in [-0.2, -0.15) is 12.6 Å². The number of allylic oxidation sites excluding steroid dienone is 1. The number of carboxylic acid groups (broad SMARTS) is 1. The number of aromatic hydroxyl groups is 1. The summed E-state index contributed by atoms with van der Waals surface area (Å²) >= 11 is 3.86. The number of ether oxygens (including phenoxy) is 1. The van der Waals surface area contributed by atoms with Crippen molar-refractivity contribution in [3.63, 3.8) is 0 Å². The first-order chi connectivity index (χ1) is 9.96. The molecule has 1 unspecified atom stereocenters. The van der Waals surface area contributed by atoms with Crippen molar-refractivity contribution < 1.29 is 19.7 Å². The topological polar surface area (TPSA) is 66.8 Å². The lowest BCUT2D eigenvalue weighted by atomic mass is 10.1. The summed E-state index contributed by atoms with van der Waals surface area (Å²) in [6, 6.07) is 5.27. The maximum atomic E-state index is 10.1. The largest absolute Gasteiger partial charge is 0.504 e. The molecule has 0 aromatic heterocycles. The van der Waals surface area contributed by atoms with Crippen molar-refractivity contribution in [2.75, 3.05) is 7.11 Å². The quantitative estimate of drug-likeness (QED) is 0.530. The SMILES string of the molecule is C=CCc1ccc(O)c(OC)c1.CCCCC(S)C(=O)O. The van der Waals surface area contributed by atoms with Crippen LogP contribution in [0.5, 0.6) is 11.5 Å². The Morgan fingerprint density at radius 1 is 1.52 bits per heavy atom. The monoisotopic (exact) mass is 312 g/mol. The van der Waals surface area contributed by atoms with E-state index in [1.807, 2.05) is 19.1 Å². The van der Waals surface area contributed by atoms with E-state index in [-0.39, 0.29) is 5.75 Å². The smallest absolute Gasteiger partial charge is 0.316 e. The summed E-state index contributed by atoms with van der Waals surface area (Å²) in [4.78, 5) is 10.1. The number of carbonyl (C=O) groups is 1. The summed E-state index contributed by atoms with van der Waals surface area (Å²) in [5.74, 6) is -0.133. The van der Waals surface area contributed by atoms with E-state index < -0.39 is 11.2 Å². The third-order valence-corrected chi connectivity index (χ3v) is 3.22. The number of thiol groups is 1. The predicted molar refractivity (Wildman–Crippen MR) is 88.5 cm³/mol. The Kier molecular flexibility index (Phi) is 10.2. The molecule has 0 fully saturated rings. The lowest BCUT2D eigenvalue weighted by Gasteiger charge is -2.04. The van der Waals surface area contributed by atoms with Crippen LogP contribution in [0.3, 0.4) is 0 Å². The minimum absolute atomic E-state index is 0.172. The van der Waals surface area contributed by atoms with Crippen LogP contribution in [-0.2, 0) is 11.2 Å². The highest BCUT2D eigenvalue weighted by atomic mass is 32.1. The van der Waals surface area contributed by atoms with Crippen LogP contribution < -0.4 is 4.74 Å². The first-order valence-corrected chi connectivity index (χ1v) is 7.35. The Morgan fingerprint density at radius 2 is 2.19 bits per heavy atom. The van der Waals surface area contributed by atoms with Gasteiger partial charge in [-0.25, -0.2) is 0 Å². The van der Waals surface area contributed by atoms with Gasteiger partial charge in [-0.05, 0) is 30.5 Å². The predicted octanol–water partition coefficient (Wildman–Crippen LogP) is 3.69. The molecular weight excluding hydrogens is 288 g/mol. The van der Waals surface area contributed by atoms with Crippen molar-refractivity contribution in [2.24, 2.45) is 0 Å². The van der Waals surface area contributed by atoms with Crippen LogP contribution in [0.15, 0.2) is 30.9 Å². The molecule has 0 amide bonds. The molecule has 0 aliphatic rings. The fraction of sp³-hybridized carbons (Fsp3) is 0.438. The molecule has 0 radical (unpaired) electrons. The molecule has 0 saturated heterocycles. The Balaban J connectivity index is 0.000000400. The summed E-state index contributed by atoms with van der Waals surface area (Å²) in [5.41, 5.74) is 1.08. The molecule has 0 spiro atoms. The van der Waals surface area contributed by atoms with E-state index >= 15 is 0 Å². The average Bonchev–Trinajstić information content (AvgIpc) is 2.47. The molecule has 1 aromatic carbocycles. The molecule has 0 aliphatic carbocycles. The van der Waals surface area contributed by atoms with Gasteiger partial charge in [0.15, 0.2) is 11.5 Å². The van der Waals surface area contributed by atoms with E-state index in [0.717, 1.165) is 24.8 Å². The fourth-order valence-electron chi connectivity index (χ4n) is 1.54. The van der Waals surface area contributed by atoms with Gasteiger partial charge in [0.1, 0.15) is 0 Å². The number of unbranched alkanes of at least 4 members (excludes halogenated alkanes) is 1. The molecule has 0 saturated carbocycles. The lowest BCUT2D eigenvalue weighted by molar-refractivity contribution is -0.136. The van der Waals surface area contributed by atoms with Crippen molar-refractivity contribution in [3.05, 3.63) is 36.4 Å². The maximum Gasteiger partial charge on any atom is 0.316 e. The van der Waals surface area contributed by atoms with Gasteiger partial charge in [-0.1, -0.05) is 31.9 Å². The van der Waals surface area contributed by atoms with Crippen molar-refractivity contribution in [1.29, 1.82) is 0 Å². The van der Waals surface area contributed by atoms with Gasteiger partial charge < -0.3 is 14.9 Å². The zero-order chi connectivity index (χ0) is 16.3. The molecule has 0 bridgehead atoms. The van der Waals surface area contributed by atoms with Crippen molar-refractivity contribution in [1.82, 2.24) is 0 Å². The molecule has 21 heavy (non-hydrogen) atoms. The van der Waals surface area contributed by atoms with Crippen LogP contribution in [0.25, 0.3) is 0 Å². The molecule has 1 aromatic rings. The number of methoxy groups -OCH3 is 1. The molecule has 5 heteroatoms. The number of hydrogen-bond acceptors (Lipinski definition) is 4. The van der Waals surface area contributed by atoms with Crippen molar-refractivity contribution in [3.8, 4) is 11.5 Å². The van der Waals surface area contributed by atoms with E-state index in [9.17, 15) is 9.90 Å².